The van der Waals surface area contributed by atoms with Gasteiger partial charge in [-0.25, -0.2) is 0 Å². The third-order valence-electron chi connectivity index (χ3n) is 4.65. The number of aliphatic hydroxyl groups is 1. The molecule has 1 aliphatic rings. The van der Waals surface area contributed by atoms with Gasteiger partial charge >= 0.3 is 0 Å². The molecule has 0 bridgehead atoms. The Bertz CT molecular complexity index is 400. The lowest BCUT2D eigenvalue weighted by atomic mass is 9.91. The van der Waals surface area contributed by atoms with Crippen molar-refractivity contribution in [3.05, 3.63) is 29.8 Å². The van der Waals surface area contributed by atoms with Crippen LogP contribution >= 0.6 is 0 Å². The number of anilines is 1. The smallest absolute Gasteiger partial charge is 0.0743 e. The van der Waals surface area contributed by atoms with Crippen molar-refractivity contribution in [1.29, 1.82) is 0 Å². The van der Waals surface area contributed by atoms with Crippen LogP contribution in [0.3, 0.4) is 0 Å². The lowest BCUT2D eigenvalue weighted by Gasteiger charge is -2.36. The summed E-state index contributed by atoms with van der Waals surface area (Å²) in [5.41, 5.74) is 2.53. The average Bonchev–Trinajstić information content (AvgIpc) is 2.49. The minimum absolute atomic E-state index is 0.186. The molecule has 0 aromatic heterocycles. The average molecular weight is 276 g/mol. The number of aliphatic hydroxyl groups excluding tert-OH is 1. The standard InChI is InChI=1S/C17H28N2O/c1-4-15(18-2)13-9-11-14(12-10-13)19(3)16-7-5-6-8-17(16)20/h9-12,15-18,20H,4-8H2,1-3H3. The molecular formula is C17H28N2O. The summed E-state index contributed by atoms with van der Waals surface area (Å²) in [4.78, 5) is 2.24. The van der Waals surface area contributed by atoms with Crippen molar-refractivity contribution in [2.45, 2.75) is 57.2 Å². The predicted octanol–water partition coefficient (Wildman–Crippen LogP) is 3.10. The van der Waals surface area contributed by atoms with Crippen LogP contribution in [0, 0.1) is 0 Å². The molecule has 1 aromatic rings. The Morgan fingerprint density at radius 2 is 1.90 bits per heavy atom. The molecule has 0 spiro atoms. The summed E-state index contributed by atoms with van der Waals surface area (Å²) in [6.45, 7) is 2.19. The van der Waals surface area contributed by atoms with Crippen LogP contribution in [0.5, 0.6) is 0 Å². The lowest BCUT2D eigenvalue weighted by Crippen LogP contribution is -2.43. The van der Waals surface area contributed by atoms with E-state index in [2.05, 4.69) is 48.5 Å². The third kappa shape index (κ3) is 3.33. The van der Waals surface area contributed by atoms with E-state index in [1.165, 1.54) is 17.7 Å². The zero-order valence-corrected chi connectivity index (χ0v) is 13.0. The molecule has 2 N–H and O–H groups in total. The number of rotatable bonds is 5. The van der Waals surface area contributed by atoms with Gasteiger partial charge in [-0.05, 0) is 44.0 Å². The second-order valence-corrected chi connectivity index (χ2v) is 5.87. The molecule has 3 heteroatoms. The van der Waals surface area contributed by atoms with E-state index < -0.39 is 0 Å². The summed E-state index contributed by atoms with van der Waals surface area (Å²) in [5, 5.41) is 13.5. The zero-order valence-electron chi connectivity index (χ0n) is 13.0. The van der Waals surface area contributed by atoms with E-state index in [1.54, 1.807) is 0 Å². The molecular weight excluding hydrogens is 248 g/mol. The number of likely N-dealkylation sites (N-methyl/N-ethyl adjacent to an activating group) is 1. The molecule has 1 fully saturated rings. The molecule has 3 atom stereocenters. The van der Waals surface area contributed by atoms with Crippen LogP contribution in [0.4, 0.5) is 5.69 Å². The number of hydrogen-bond donors (Lipinski definition) is 2. The topological polar surface area (TPSA) is 35.5 Å². The Hall–Kier alpha value is -1.06. The van der Waals surface area contributed by atoms with Crippen molar-refractivity contribution < 1.29 is 5.11 Å². The molecule has 0 aliphatic heterocycles. The fourth-order valence-corrected chi connectivity index (χ4v) is 3.28. The fourth-order valence-electron chi connectivity index (χ4n) is 3.28. The minimum atomic E-state index is -0.186. The first kappa shape index (κ1) is 15.3. The van der Waals surface area contributed by atoms with Crippen molar-refractivity contribution in [1.82, 2.24) is 5.32 Å². The maximum absolute atomic E-state index is 10.2. The summed E-state index contributed by atoms with van der Waals surface area (Å²) in [6, 6.07) is 9.44. The van der Waals surface area contributed by atoms with Crippen molar-refractivity contribution in [2.75, 3.05) is 19.0 Å². The number of benzene rings is 1. The van der Waals surface area contributed by atoms with Gasteiger partial charge in [-0.2, -0.15) is 0 Å². The highest BCUT2D eigenvalue weighted by molar-refractivity contribution is 5.48. The Kier molecular flexibility index (Phi) is 5.44. The highest BCUT2D eigenvalue weighted by Crippen LogP contribution is 2.27. The van der Waals surface area contributed by atoms with Gasteiger partial charge in [0, 0.05) is 18.8 Å². The number of hydrogen-bond acceptors (Lipinski definition) is 3. The van der Waals surface area contributed by atoms with Crippen LogP contribution < -0.4 is 10.2 Å². The van der Waals surface area contributed by atoms with Crippen LogP contribution in [-0.4, -0.2) is 31.3 Å². The third-order valence-corrected chi connectivity index (χ3v) is 4.65. The van der Waals surface area contributed by atoms with E-state index in [0.29, 0.717) is 6.04 Å². The first-order valence-electron chi connectivity index (χ1n) is 7.85. The first-order chi connectivity index (χ1) is 9.67. The Balaban J connectivity index is 2.08. The van der Waals surface area contributed by atoms with Gasteiger partial charge in [-0.3, -0.25) is 0 Å². The Morgan fingerprint density at radius 3 is 2.45 bits per heavy atom. The Labute approximate surface area is 123 Å². The van der Waals surface area contributed by atoms with E-state index in [9.17, 15) is 5.11 Å². The van der Waals surface area contributed by atoms with E-state index in [4.69, 9.17) is 0 Å². The summed E-state index contributed by atoms with van der Waals surface area (Å²) >= 11 is 0. The molecule has 112 valence electrons. The van der Waals surface area contributed by atoms with Gasteiger partial charge in [0.1, 0.15) is 0 Å². The number of nitrogens with one attached hydrogen (secondary N) is 1. The normalized spacial score (nSPS) is 24.4. The lowest BCUT2D eigenvalue weighted by molar-refractivity contribution is 0.106. The zero-order chi connectivity index (χ0) is 14.5. The quantitative estimate of drug-likeness (QED) is 0.867. The van der Waals surface area contributed by atoms with Gasteiger partial charge in [-0.1, -0.05) is 31.9 Å². The van der Waals surface area contributed by atoms with Crippen molar-refractivity contribution in [3.8, 4) is 0 Å². The predicted molar refractivity (Wildman–Crippen MR) is 85.2 cm³/mol. The van der Waals surface area contributed by atoms with Gasteiger partial charge < -0.3 is 15.3 Å². The summed E-state index contributed by atoms with van der Waals surface area (Å²) in [5.74, 6) is 0. The molecule has 20 heavy (non-hydrogen) atoms. The first-order valence-corrected chi connectivity index (χ1v) is 7.85. The summed E-state index contributed by atoms with van der Waals surface area (Å²) in [7, 11) is 4.11. The van der Waals surface area contributed by atoms with Crippen LogP contribution in [0.1, 0.15) is 50.6 Å². The van der Waals surface area contributed by atoms with Crippen LogP contribution in [0.2, 0.25) is 0 Å². The Morgan fingerprint density at radius 1 is 1.25 bits per heavy atom. The largest absolute Gasteiger partial charge is 0.391 e. The second-order valence-electron chi connectivity index (χ2n) is 5.87. The van der Waals surface area contributed by atoms with Gasteiger partial charge in [0.2, 0.25) is 0 Å². The molecule has 1 aliphatic carbocycles. The minimum Gasteiger partial charge on any atom is -0.391 e. The second kappa shape index (κ2) is 7.09. The van der Waals surface area contributed by atoms with Gasteiger partial charge in [0.05, 0.1) is 12.1 Å². The van der Waals surface area contributed by atoms with Crippen molar-refractivity contribution in [3.63, 3.8) is 0 Å². The SMILES string of the molecule is CCC(NC)c1ccc(N(C)C2CCCCC2O)cc1. The molecule has 1 aromatic carbocycles. The molecule has 0 radical (unpaired) electrons. The van der Waals surface area contributed by atoms with E-state index >= 15 is 0 Å². The van der Waals surface area contributed by atoms with Crippen molar-refractivity contribution >= 4 is 5.69 Å². The summed E-state index contributed by atoms with van der Waals surface area (Å²) in [6.07, 6.45) is 5.31. The maximum atomic E-state index is 10.2. The van der Waals surface area contributed by atoms with Crippen molar-refractivity contribution in [2.24, 2.45) is 0 Å². The number of nitrogens with zero attached hydrogens (tertiary/aromatic N) is 1. The monoisotopic (exact) mass is 276 g/mol. The highest BCUT2D eigenvalue weighted by Gasteiger charge is 2.26. The van der Waals surface area contributed by atoms with E-state index in [1.807, 2.05) is 7.05 Å². The van der Waals surface area contributed by atoms with Gasteiger partial charge in [0.25, 0.3) is 0 Å². The maximum Gasteiger partial charge on any atom is 0.0743 e. The summed E-state index contributed by atoms with van der Waals surface area (Å²) < 4.78 is 0. The molecule has 0 saturated heterocycles. The molecule has 3 unspecified atom stereocenters. The molecule has 2 rings (SSSR count). The molecule has 0 amide bonds. The van der Waals surface area contributed by atoms with E-state index in [-0.39, 0.29) is 12.1 Å². The van der Waals surface area contributed by atoms with Crippen LogP contribution in [0.25, 0.3) is 0 Å². The molecule has 1 saturated carbocycles. The molecule has 3 nitrogen and oxygen atoms in total. The fraction of sp³-hybridized carbons (Fsp3) is 0.647. The van der Waals surface area contributed by atoms with E-state index in [0.717, 1.165) is 25.7 Å². The van der Waals surface area contributed by atoms with Crippen LogP contribution in [0.15, 0.2) is 24.3 Å². The van der Waals surface area contributed by atoms with Gasteiger partial charge in [0.15, 0.2) is 0 Å². The highest BCUT2D eigenvalue weighted by atomic mass is 16.3. The van der Waals surface area contributed by atoms with Crippen LogP contribution in [-0.2, 0) is 0 Å². The molecule has 0 heterocycles. The van der Waals surface area contributed by atoms with Gasteiger partial charge in [-0.15, -0.1) is 0 Å².